The van der Waals surface area contributed by atoms with Crippen LogP contribution in [0.15, 0.2) is 59.5 Å². The average molecular weight is 460 g/mol. The van der Waals surface area contributed by atoms with Crippen molar-refractivity contribution in [1.29, 1.82) is 0 Å². The Morgan fingerprint density at radius 3 is 2.33 bits per heavy atom. The number of carbonyl (C=O) groups is 1. The zero-order chi connectivity index (χ0) is 23.8. The maximum atomic E-state index is 12.6. The van der Waals surface area contributed by atoms with E-state index in [1.54, 1.807) is 0 Å². The molecule has 1 aliphatic heterocycles. The summed E-state index contributed by atoms with van der Waals surface area (Å²) in [6, 6.07) is 19.3. The van der Waals surface area contributed by atoms with Crippen LogP contribution in [-0.2, 0) is 16.6 Å². The van der Waals surface area contributed by atoms with Gasteiger partial charge in [0.05, 0.1) is 4.91 Å². The third kappa shape index (κ3) is 5.03. The van der Waals surface area contributed by atoms with Crippen LogP contribution in [0.3, 0.4) is 0 Å². The van der Waals surface area contributed by atoms with E-state index in [0.29, 0.717) is 0 Å². The van der Waals surface area contributed by atoms with Gasteiger partial charge in [0.2, 0.25) is 0 Å². The molecule has 0 unspecified atom stereocenters. The highest BCUT2D eigenvalue weighted by atomic mass is 32.2. The van der Waals surface area contributed by atoms with Gasteiger partial charge in [-0.15, -0.1) is 0 Å². The molecule has 0 bridgehead atoms. The molecule has 1 atom stereocenters. The molecule has 0 saturated carbocycles. The number of hydrogen-bond acceptors (Lipinski definition) is 3. The number of benzene rings is 2. The van der Waals surface area contributed by atoms with Gasteiger partial charge in [0.25, 0.3) is 5.91 Å². The Morgan fingerprint density at radius 2 is 1.73 bits per heavy atom. The van der Waals surface area contributed by atoms with E-state index >= 15 is 0 Å². The van der Waals surface area contributed by atoms with Gasteiger partial charge in [0, 0.05) is 22.8 Å². The highest BCUT2D eigenvalue weighted by Crippen LogP contribution is 2.32. The fourth-order valence-corrected chi connectivity index (χ4v) is 5.11. The van der Waals surface area contributed by atoms with Crippen LogP contribution >= 0.6 is 11.8 Å². The number of anilines is 1. The molecule has 1 aliphatic rings. The summed E-state index contributed by atoms with van der Waals surface area (Å²) >= 11 is 1.52. The molecule has 4 nitrogen and oxygen atoms in total. The van der Waals surface area contributed by atoms with Crippen molar-refractivity contribution >= 4 is 29.4 Å². The highest BCUT2D eigenvalue weighted by Gasteiger charge is 2.27. The molecular weight excluding hydrogens is 426 g/mol. The molecule has 4 rings (SSSR count). The lowest BCUT2D eigenvalue weighted by atomic mass is 9.87. The number of nitrogens with zero attached hydrogens (tertiary/aromatic N) is 1. The second-order valence-electron chi connectivity index (χ2n) is 9.63. The van der Waals surface area contributed by atoms with Crippen molar-refractivity contribution in [3.05, 3.63) is 87.6 Å². The predicted molar refractivity (Wildman–Crippen MR) is 141 cm³/mol. The van der Waals surface area contributed by atoms with Gasteiger partial charge in [-0.1, -0.05) is 63.7 Å². The Bertz CT molecular complexity index is 1180. The van der Waals surface area contributed by atoms with E-state index < -0.39 is 0 Å². The van der Waals surface area contributed by atoms with E-state index in [1.807, 2.05) is 6.08 Å². The number of aryl methyl sites for hydroxylation is 2. The smallest absolute Gasteiger partial charge is 0.260 e. The molecule has 2 heterocycles. The minimum absolute atomic E-state index is 0.0398. The third-order valence-corrected chi connectivity index (χ3v) is 7.17. The Kier molecular flexibility index (Phi) is 6.44. The molecule has 2 N–H and O–H groups in total. The van der Waals surface area contributed by atoms with Gasteiger partial charge in [-0.2, -0.15) is 0 Å². The fraction of sp³-hybridized carbons (Fsp3) is 0.321. The Hall–Kier alpha value is -2.92. The second kappa shape index (κ2) is 9.14. The first-order valence-electron chi connectivity index (χ1n) is 11.5. The molecule has 1 fully saturated rings. The van der Waals surface area contributed by atoms with Crippen LogP contribution in [0, 0.1) is 13.8 Å². The van der Waals surface area contributed by atoms with E-state index in [0.717, 1.165) is 39.7 Å². The fourth-order valence-electron chi connectivity index (χ4n) is 4.14. The van der Waals surface area contributed by atoms with Crippen LogP contribution in [0.25, 0.3) is 11.8 Å². The van der Waals surface area contributed by atoms with E-state index in [-0.39, 0.29) is 16.8 Å². The van der Waals surface area contributed by atoms with E-state index in [4.69, 9.17) is 0 Å². The van der Waals surface area contributed by atoms with Gasteiger partial charge in [-0.25, -0.2) is 0 Å². The number of hydrogen-bond donors (Lipinski definition) is 2. The Morgan fingerprint density at radius 1 is 1.06 bits per heavy atom. The normalized spacial score (nSPS) is 17.5. The molecule has 1 aromatic heterocycles. The van der Waals surface area contributed by atoms with Crippen molar-refractivity contribution in [2.45, 2.75) is 58.9 Å². The Labute approximate surface area is 201 Å². The number of carbonyl (C=O) groups excluding carboxylic acids is 1. The number of nitrogens with one attached hydrogen (secondary N) is 2. The van der Waals surface area contributed by atoms with Crippen LogP contribution in [0.5, 0.6) is 0 Å². The van der Waals surface area contributed by atoms with E-state index in [1.165, 1.54) is 22.9 Å². The lowest BCUT2D eigenvalue weighted by Crippen LogP contribution is -2.30. The SMILES string of the molecule is CCc1ccc(N[C@@H]2NC(=O)/C(=C/c3cc(C)n(-c4ccc(C(C)(C)C)cc4)c3C)S2)cc1. The van der Waals surface area contributed by atoms with Crippen LogP contribution in [-0.4, -0.2) is 16.0 Å². The van der Waals surface area contributed by atoms with Crippen LogP contribution in [0.4, 0.5) is 5.69 Å². The summed E-state index contributed by atoms with van der Waals surface area (Å²) in [5.74, 6) is -0.0398. The zero-order valence-electron chi connectivity index (χ0n) is 20.3. The minimum Gasteiger partial charge on any atom is -0.357 e. The molecule has 0 radical (unpaired) electrons. The van der Waals surface area contributed by atoms with Crippen LogP contribution in [0.2, 0.25) is 0 Å². The lowest BCUT2D eigenvalue weighted by Gasteiger charge is -2.20. The summed E-state index contributed by atoms with van der Waals surface area (Å²) in [5, 5.41) is 6.43. The summed E-state index contributed by atoms with van der Waals surface area (Å²) in [6.07, 6.45) is 3.02. The Balaban J connectivity index is 1.53. The maximum Gasteiger partial charge on any atom is 0.260 e. The number of rotatable bonds is 5. The second-order valence-corrected chi connectivity index (χ2v) is 10.8. The molecule has 5 heteroatoms. The molecule has 2 aromatic carbocycles. The molecule has 1 amide bonds. The van der Waals surface area contributed by atoms with Crippen molar-refractivity contribution in [3.8, 4) is 5.69 Å². The van der Waals surface area contributed by atoms with Gasteiger partial charge in [0.15, 0.2) is 5.50 Å². The number of amides is 1. The highest BCUT2D eigenvalue weighted by molar-refractivity contribution is 8.05. The van der Waals surface area contributed by atoms with Crippen LogP contribution in [0.1, 0.15) is 55.8 Å². The van der Waals surface area contributed by atoms with Crippen LogP contribution < -0.4 is 10.6 Å². The van der Waals surface area contributed by atoms with Crippen molar-refractivity contribution in [1.82, 2.24) is 9.88 Å². The van der Waals surface area contributed by atoms with Gasteiger partial charge in [-0.3, -0.25) is 4.79 Å². The summed E-state index contributed by atoms with van der Waals surface area (Å²) in [5.41, 5.74) is 8.06. The van der Waals surface area contributed by atoms with Crippen molar-refractivity contribution in [2.75, 3.05) is 5.32 Å². The van der Waals surface area contributed by atoms with E-state index in [2.05, 4.69) is 111 Å². The van der Waals surface area contributed by atoms with Gasteiger partial charge in [0.1, 0.15) is 0 Å². The molecule has 33 heavy (non-hydrogen) atoms. The molecular formula is C28H33N3OS. The van der Waals surface area contributed by atoms with Gasteiger partial charge >= 0.3 is 0 Å². The monoisotopic (exact) mass is 459 g/mol. The first-order valence-corrected chi connectivity index (χ1v) is 12.4. The zero-order valence-corrected chi connectivity index (χ0v) is 21.1. The standard InChI is InChI=1S/C28H33N3OS/c1-7-20-8-12-23(13-9-20)29-27-30-26(32)25(33-27)17-21-16-18(2)31(19(21)3)24-14-10-22(11-15-24)28(4,5)6/h8-17,27,29H,7H2,1-6H3,(H,30,32)/b25-17-/t27-/m1/s1. The minimum atomic E-state index is -0.176. The first-order chi connectivity index (χ1) is 15.7. The van der Waals surface area contributed by atoms with Crippen molar-refractivity contribution < 1.29 is 4.79 Å². The largest absolute Gasteiger partial charge is 0.357 e. The lowest BCUT2D eigenvalue weighted by molar-refractivity contribution is -0.116. The molecule has 3 aromatic rings. The predicted octanol–water partition coefficient (Wildman–Crippen LogP) is 6.55. The maximum absolute atomic E-state index is 12.6. The quantitative estimate of drug-likeness (QED) is 0.425. The van der Waals surface area contributed by atoms with Gasteiger partial charge in [-0.05, 0) is 78.8 Å². The van der Waals surface area contributed by atoms with E-state index in [9.17, 15) is 4.79 Å². The summed E-state index contributed by atoms with van der Waals surface area (Å²) < 4.78 is 2.25. The first kappa shape index (κ1) is 23.2. The molecule has 1 saturated heterocycles. The third-order valence-electron chi connectivity index (χ3n) is 6.14. The van der Waals surface area contributed by atoms with Crippen molar-refractivity contribution in [2.24, 2.45) is 0 Å². The summed E-state index contributed by atoms with van der Waals surface area (Å²) in [7, 11) is 0. The molecule has 0 aliphatic carbocycles. The topological polar surface area (TPSA) is 46.1 Å². The molecule has 0 spiro atoms. The summed E-state index contributed by atoms with van der Waals surface area (Å²) in [6.45, 7) is 13.0. The molecule has 172 valence electrons. The van der Waals surface area contributed by atoms with Gasteiger partial charge < -0.3 is 15.2 Å². The number of thioether (sulfide) groups is 1. The van der Waals surface area contributed by atoms with Crippen molar-refractivity contribution in [3.63, 3.8) is 0 Å². The average Bonchev–Trinajstić information content (AvgIpc) is 3.26. The number of aromatic nitrogens is 1. The summed E-state index contributed by atoms with van der Waals surface area (Å²) in [4.78, 5) is 13.4.